The van der Waals surface area contributed by atoms with Gasteiger partial charge >= 0.3 is 5.97 Å². The molecule has 0 bridgehead atoms. The Kier molecular flexibility index (Phi) is 5.27. The fourth-order valence-corrected chi connectivity index (χ4v) is 3.93. The van der Waals surface area contributed by atoms with Gasteiger partial charge in [0, 0.05) is 0 Å². The van der Waals surface area contributed by atoms with Crippen LogP contribution in [-0.2, 0) is 16.0 Å². The molecule has 130 valence electrons. The molecular weight excluding hydrogens is 330 g/mol. The van der Waals surface area contributed by atoms with Crippen LogP contribution in [0.2, 0.25) is 0 Å². The van der Waals surface area contributed by atoms with E-state index in [4.69, 9.17) is 9.47 Å². The Hall–Kier alpha value is -1.77. The number of morpholine rings is 1. The Morgan fingerprint density at radius 2 is 2.21 bits per heavy atom. The number of aromatic nitrogens is 2. The number of fused-ring (bicyclic) bond motifs is 1. The first kappa shape index (κ1) is 17.1. The third kappa shape index (κ3) is 3.35. The summed E-state index contributed by atoms with van der Waals surface area (Å²) in [5, 5.41) is 0.530. The van der Waals surface area contributed by atoms with E-state index in [1.54, 1.807) is 24.7 Å². The topological polar surface area (TPSA) is 74.9 Å². The van der Waals surface area contributed by atoms with Crippen molar-refractivity contribution in [3.63, 3.8) is 0 Å². The number of hydrogen-bond acceptors (Lipinski definition) is 6. The van der Waals surface area contributed by atoms with Gasteiger partial charge in [-0.05, 0) is 19.4 Å². The van der Waals surface area contributed by atoms with Gasteiger partial charge in [0.25, 0.3) is 5.56 Å². The van der Waals surface area contributed by atoms with Crippen molar-refractivity contribution in [3.05, 3.63) is 27.1 Å². The third-order valence-corrected chi connectivity index (χ3v) is 5.46. The van der Waals surface area contributed by atoms with Gasteiger partial charge in [0.1, 0.15) is 22.8 Å². The molecule has 3 heterocycles. The van der Waals surface area contributed by atoms with Gasteiger partial charge in [-0.15, -0.1) is 11.3 Å². The van der Waals surface area contributed by atoms with Crippen LogP contribution in [0.1, 0.15) is 22.2 Å². The van der Waals surface area contributed by atoms with Gasteiger partial charge in [-0.2, -0.15) is 0 Å². The standard InChI is InChI=1S/C16H21N3O4S/c1-3-23-16(21)13-11(2)12-14(24-13)17-10-19(15(12)20)5-4-18-6-8-22-9-7-18/h10H,3-9H2,1-2H3/p+1. The Morgan fingerprint density at radius 1 is 1.46 bits per heavy atom. The molecule has 0 spiro atoms. The van der Waals surface area contributed by atoms with Gasteiger partial charge in [0.2, 0.25) is 0 Å². The molecule has 1 aliphatic heterocycles. The molecule has 2 aromatic heterocycles. The van der Waals surface area contributed by atoms with Crippen LogP contribution in [0.5, 0.6) is 0 Å². The molecule has 24 heavy (non-hydrogen) atoms. The molecule has 0 atom stereocenters. The number of esters is 1. The molecule has 7 nitrogen and oxygen atoms in total. The highest BCUT2D eigenvalue weighted by molar-refractivity contribution is 7.20. The Morgan fingerprint density at radius 3 is 2.92 bits per heavy atom. The van der Waals surface area contributed by atoms with Crippen molar-refractivity contribution in [2.24, 2.45) is 0 Å². The van der Waals surface area contributed by atoms with Gasteiger partial charge in [0.15, 0.2) is 0 Å². The monoisotopic (exact) mass is 352 g/mol. The van der Waals surface area contributed by atoms with Gasteiger partial charge in [-0.1, -0.05) is 0 Å². The summed E-state index contributed by atoms with van der Waals surface area (Å²) in [7, 11) is 0. The third-order valence-electron chi connectivity index (χ3n) is 4.28. The second-order valence-corrected chi connectivity index (χ2v) is 6.81. The van der Waals surface area contributed by atoms with E-state index in [-0.39, 0.29) is 11.5 Å². The quantitative estimate of drug-likeness (QED) is 0.758. The number of rotatable bonds is 5. The summed E-state index contributed by atoms with van der Waals surface area (Å²) in [6.45, 7) is 8.81. The van der Waals surface area contributed by atoms with E-state index in [0.717, 1.165) is 32.8 Å². The van der Waals surface area contributed by atoms with E-state index in [1.807, 2.05) is 0 Å². The number of nitrogens with one attached hydrogen (secondary N) is 1. The van der Waals surface area contributed by atoms with E-state index >= 15 is 0 Å². The van der Waals surface area contributed by atoms with E-state index in [0.29, 0.717) is 33.8 Å². The molecule has 0 amide bonds. The molecule has 1 N–H and O–H groups in total. The molecule has 3 rings (SSSR count). The average molecular weight is 352 g/mol. The van der Waals surface area contributed by atoms with Crippen LogP contribution in [-0.4, -0.2) is 55.0 Å². The number of carbonyl (C=O) groups excluding carboxylic acids is 1. The van der Waals surface area contributed by atoms with E-state index < -0.39 is 0 Å². The minimum atomic E-state index is -0.387. The highest BCUT2D eigenvalue weighted by Crippen LogP contribution is 2.27. The van der Waals surface area contributed by atoms with Crippen LogP contribution in [0, 0.1) is 6.92 Å². The van der Waals surface area contributed by atoms with Crippen LogP contribution < -0.4 is 10.5 Å². The van der Waals surface area contributed by atoms with Crippen molar-refractivity contribution in [1.29, 1.82) is 0 Å². The first-order valence-corrected chi connectivity index (χ1v) is 9.00. The lowest BCUT2D eigenvalue weighted by Gasteiger charge is -2.23. The van der Waals surface area contributed by atoms with Crippen molar-refractivity contribution in [2.75, 3.05) is 39.5 Å². The molecule has 0 aliphatic carbocycles. The first-order chi connectivity index (χ1) is 11.6. The molecule has 1 fully saturated rings. The minimum Gasteiger partial charge on any atom is -0.462 e. The summed E-state index contributed by atoms with van der Waals surface area (Å²) in [4.78, 5) is 31.6. The van der Waals surface area contributed by atoms with E-state index in [1.165, 1.54) is 16.2 Å². The zero-order chi connectivity index (χ0) is 17.1. The maximum atomic E-state index is 12.8. The summed E-state index contributed by atoms with van der Waals surface area (Å²) < 4.78 is 12.0. The second-order valence-electron chi connectivity index (χ2n) is 5.81. The van der Waals surface area contributed by atoms with Crippen molar-refractivity contribution in [2.45, 2.75) is 20.4 Å². The average Bonchev–Trinajstić information content (AvgIpc) is 2.93. The van der Waals surface area contributed by atoms with Crippen molar-refractivity contribution in [1.82, 2.24) is 9.55 Å². The highest BCUT2D eigenvalue weighted by Gasteiger charge is 2.21. The number of hydrogen-bond donors (Lipinski definition) is 1. The Labute approximate surface area is 143 Å². The number of carbonyl (C=O) groups is 1. The zero-order valence-electron chi connectivity index (χ0n) is 14.0. The first-order valence-electron chi connectivity index (χ1n) is 8.18. The summed E-state index contributed by atoms with van der Waals surface area (Å²) >= 11 is 1.22. The van der Waals surface area contributed by atoms with E-state index in [9.17, 15) is 9.59 Å². The Bertz CT molecular complexity index is 792. The molecule has 0 radical (unpaired) electrons. The lowest BCUT2D eigenvalue weighted by Crippen LogP contribution is -3.14. The van der Waals surface area contributed by atoms with Crippen molar-refractivity contribution < 1.29 is 19.2 Å². The fraction of sp³-hybridized carbons (Fsp3) is 0.562. The van der Waals surface area contributed by atoms with Crippen LogP contribution in [0.15, 0.2) is 11.1 Å². The maximum Gasteiger partial charge on any atom is 0.348 e. The lowest BCUT2D eigenvalue weighted by molar-refractivity contribution is -0.908. The predicted molar refractivity (Wildman–Crippen MR) is 91.0 cm³/mol. The predicted octanol–water partition coefficient (Wildman–Crippen LogP) is -0.142. The zero-order valence-corrected chi connectivity index (χ0v) is 14.8. The molecule has 1 aliphatic rings. The molecular formula is C16H22N3O4S+. The van der Waals surface area contributed by atoms with Crippen molar-refractivity contribution >= 4 is 27.5 Å². The number of quaternary nitrogens is 1. The van der Waals surface area contributed by atoms with Gasteiger partial charge in [-0.3, -0.25) is 9.36 Å². The summed E-state index contributed by atoms with van der Waals surface area (Å²) in [5.41, 5.74) is 0.580. The lowest BCUT2D eigenvalue weighted by atomic mass is 10.2. The summed E-state index contributed by atoms with van der Waals surface area (Å²) in [6, 6.07) is 0. The van der Waals surface area contributed by atoms with Crippen LogP contribution >= 0.6 is 11.3 Å². The smallest absolute Gasteiger partial charge is 0.348 e. The summed E-state index contributed by atoms with van der Waals surface area (Å²) in [6.07, 6.45) is 1.58. The van der Waals surface area contributed by atoms with Gasteiger partial charge < -0.3 is 14.4 Å². The highest BCUT2D eigenvalue weighted by atomic mass is 32.1. The summed E-state index contributed by atoms with van der Waals surface area (Å²) in [5.74, 6) is -0.387. The van der Waals surface area contributed by atoms with Crippen molar-refractivity contribution in [3.8, 4) is 0 Å². The molecule has 8 heteroatoms. The number of nitrogens with zero attached hydrogens (tertiary/aromatic N) is 2. The normalized spacial score (nSPS) is 15.8. The maximum absolute atomic E-state index is 12.8. The number of thiophene rings is 1. The molecule has 2 aromatic rings. The van der Waals surface area contributed by atoms with Crippen LogP contribution in [0.3, 0.4) is 0 Å². The molecule has 0 aromatic carbocycles. The number of aryl methyl sites for hydroxylation is 1. The largest absolute Gasteiger partial charge is 0.462 e. The SMILES string of the molecule is CCOC(=O)c1sc2ncn(CC[NH+]3CCOCC3)c(=O)c2c1C. The molecule has 0 saturated carbocycles. The molecule has 0 unspecified atom stereocenters. The van der Waals surface area contributed by atoms with Crippen LogP contribution in [0.25, 0.3) is 10.2 Å². The fourth-order valence-electron chi connectivity index (χ4n) is 2.90. The molecule has 1 saturated heterocycles. The van der Waals surface area contributed by atoms with Crippen LogP contribution in [0.4, 0.5) is 0 Å². The minimum absolute atomic E-state index is 0.0862. The van der Waals surface area contributed by atoms with Gasteiger partial charge in [0.05, 0.1) is 44.6 Å². The second kappa shape index (κ2) is 7.42. The Balaban J connectivity index is 1.85. The number of ether oxygens (including phenoxy) is 2. The van der Waals surface area contributed by atoms with Gasteiger partial charge in [-0.25, -0.2) is 9.78 Å². The van der Waals surface area contributed by atoms with E-state index in [2.05, 4.69) is 4.98 Å².